The van der Waals surface area contributed by atoms with Crippen LogP contribution in [0.3, 0.4) is 0 Å². The standard InChI is InChI=1S/C17H18N4/c18-17-16(14-10-4-5-12-19-14)15(20-21-17)11-6-9-13-7-2-1-3-8-13/h1-5,7-8,10,12H,6,9,11H2,(H3,18,20,21). The topological polar surface area (TPSA) is 67.6 Å². The maximum absolute atomic E-state index is 5.97. The largest absolute Gasteiger partial charge is 0.382 e. The van der Waals surface area contributed by atoms with Crippen LogP contribution in [0.25, 0.3) is 11.3 Å². The van der Waals surface area contributed by atoms with Gasteiger partial charge >= 0.3 is 0 Å². The van der Waals surface area contributed by atoms with E-state index in [-0.39, 0.29) is 0 Å². The molecule has 0 atom stereocenters. The molecule has 106 valence electrons. The molecule has 3 rings (SSSR count). The van der Waals surface area contributed by atoms with Gasteiger partial charge in [0.1, 0.15) is 0 Å². The van der Waals surface area contributed by atoms with E-state index in [1.807, 2.05) is 24.3 Å². The zero-order valence-electron chi connectivity index (χ0n) is 11.8. The number of nitrogens with zero attached hydrogens (tertiary/aromatic N) is 2. The van der Waals surface area contributed by atoms with Gasteiger partial charge in [-0.1, -0.05) is 36.4 Å². The molecule has 3 N–H and O–H groups in total. The molecule has 21 heavy (non-hydrogen) atoms. The molecule has 4 nitrogen and oxygen atoms in total. The van der Waals surface area contributed by atoms with Crippen LogP contribution in [0.5, 0.6) is 0 Å². The second kappa shape index (κ2) is 6.22. The van der Waals surface area contributed by atoms with E-state index in [4.69, 9.17) is 5.73 Å². The first kappa shape index (κ1) is 13.4. The summed E-state index contributed by atoms with van der Waals surface area (Å²) in [5.74, 6) is 0.517. The zero-order chi connectivity index (χ0) is 14.5. The Morgan fingerprint density at radius 2 is 1.76 bits per heavy atom. The third kappa shape index (κ3) is 3.11. The first-order valence-electron chi connectivity index (χ1n) is 7.12. The molecule has 0 spiro atoms. The van der Waals surface area contributed by atoms with E-state index in [2.05, 4.69) is 39.4 Å². The van der Waals surface area contributed by atoms with Crippen LogP contribution in [0.15, 0.2) is 54.7 Å². The van der Waals surface area contributed by atoms with Crippen molar-refractivity contribution in [3.63, 3.8) is 0 Å². The van der Waals surface area contributed by atoms with Crippen LogP contribution < -0.4 is 5.73 Å². The lowest BCUT2D eigenvalue weighted by atomic mass is 10.0. The molecule has 0 aliphatic heterocycles. The highest BCUT2D eigenvalue weighted by atomic mass is 15.2. The van der Waals surface area contributed by atoms with Crippen LogP contribution in [0, 0.1) is 0 Å². The SMILES string of the molecule is Nc1n[nH]c(CCCc2ccccc2)c1-c1ccccn1. The number of aromatic nitrogens is 3. The number of anilines is 1. The number of aromatic amines is 1. The van der Waals surface area contributed by atoms with Gasteiger partial charge in [-0.25, -0.2) is 0 Å². The van der Waals surface area contributed by atoms with Gasteiger partial charge in [-0.15, -0.1) is 0 Å². The maximum Gasteiger partial charge on any atom is 0.154 e. The van der Waals surface area contributed by atoms with Crippen LogP contribution in [-0.2, 0) is 12.8 Å². The Bertz CT molecular complexity index is 689. The molecule has 0 fully saturated rings. The molecule has 4 heteroatoms. The van der Waals surface area contributed by atoms with Gasteiger partial charge in [-0.05, 0) is 37.0 Å². The number of rotatable bonds is 5. The van der Waals surface area contributed by atoms with Crippen LogP contribution >= 0.6 is 0 Å². The molecule has 2 aromatic heterocycles. The predicted octanol–water partition coefficient (Wildman–Crippen LogP) is 3.23. The van der Waals surface area contributed by atoms with E-state index in [0.29, 0.717) is 5.82 Å². The summed E-state index contributed by atoms with van der Waals surface area (Å²) >= 11 is 0. The first-order valence-corrected chi connectivity index (χ1v) is 7.12. The number of pyridine rings is 1. The summed E-state index contributed by atoms with van der Waals surface area (Å²) in [5, 5.41) is 7.18. The highest BCUT2D eigenvalue weighted by molar-refractivity contribution is 5.73. The van der Waals surface area contributed by atoms with E-state index >= 15 is 0 Å². The lowest BCUT2D eigenvalue weighted by Crippen LogP contribution is -1.95. The fourth-order valence-corrected chi connectivity index (χ4v) is 2.49. The van der Waals surface area contributed by atoms with Crippen LogP contribution in [0.4, 0.5) is 5.82 Å². The molecule has 0 aliphatic carbocycles. The molecular formula is C17H18N4. The third-order valence-electron chi connectivity index (χ3n) is 3.53. The Morgan fingerprint density at radius 3 is 2.52 bits per heavy atom. The van der Waals surface area contributed by atoms with Crippen LogP contribution in [0.1, 0.15) is 17.7 Å². The summed E-state index contributed by atoms with van der Waals surface area (Å²) < 4.78 is 0. The minimum atomic E-state index is 0.517. The minimum absolute atomic E-state index is 0.517. The quantitative estimate of drug-likeness (QED) is 0.753. The van der Waals surface area contributed by atoms with Gasteiger partial charge in [0, 0.05) is 11.9 Å². The molecule has 3 aromatic rings. The molecule has 0 saturated heterocycles. The molecule has 0 saturated carbocycles. The highest BCUT2D eigenvalue weighted by Gasteiger charge is 2.13. The summed E-state index contributed by atoms with van der Waals surface area (Å²) in [6.07, 6.45) is 4.77. The molecule has 1 aromatic carbocycles. The van der Waals surface area contributed by atoms with E-state index in [1.165, 1.54) is 5.56 Å². The lowest BCUT2D eigenvalue weighted by Gasteiger charge is -2.04. The van der Waals surface area contributed by atoms with Gasteiger partial charge in [-0.3, -0.25) is 10.1 Å². The highest BCUT2D eigenvalue weighted by Crippen LogP contribution is 2.26. The summed E-state index contributed by atoms with van der Waals surface area (Å²) in [7, 11) is 0. The van der Waals surface area contributed by atoms with Gasteiger partial charge in [0.25, 0.3) is 0 Å². The zero-order valence-corrected chi connectivity index (χ0v) is 11.8. The minimum Gasteiger partial charge on any atom is -0.382 e. The van der Waals surface area contributed by atoms with Gasteiger partial charge in [0.05, 0.1) is 11.3 Å². The van der Waals surface area contributed by atoms with Gasteiger partial charge < -0.3 is 5.73 Å². The van der Waals surface area contributed by atoms with Crippen molar-refractivity contribution >= 4 is 5.82 Å². The number of benzene rings is 1. The molecule has 0 unspecified atom stereocenters. The third-order valence-corrected chi connectivity index (χ3v) is 3.53. The molecule has 0 amide bonds. The Hall–Kier alpha value is -2.62. The van der Waals surface area contributed by atoms with Crippen molar-refractivity contribution < 1.29 is 0 Å². The fourth-order valence-electron chi connectivity index (χ4n) is 2.49. The van der Waals surface area contributed by atoms with Crippen LogP contribution in [-0.4, -0.2) is 15.2 Å². The number of hydrogen-bond donors (Lipinski definition) is 2. The fraction of sp³-hybridized carbons (Fsp3) is 0.176. The Morgan fingerprint density at radius 1 is 0.952 bits per heavy atom. The molecule has 0 bridgehead atoms. The molecule has 0 aliphatic rings. The number of hydrogen-bond acceptors (Lipinski definition) is 3. The van der Waals surface area contributed by atoms with Crippen molar-refractivity contribution in [1.82, 2.24) is 15.2 Å². The van der Waals surface area contributed by atoms with E-state index < -0.39 is 0 Å². The van der Waals surface area contributed by atoms with E-state index in [9.17, 15) is 0 Å². The van der Waals surface area contributed by atoms with Crippen molar-refractivity contribution in [2.45, 2.75) is 19.3 Å². The van der Waals surface area contributed by atoms with Crippen molar-refractivity contribution in [3.8, 4) is 11.3 Å². The second-order valence-corrected chi connectivity index (χ2v) is 5.02. The van der Waals surface area contributed by atoms with Gasteiger partial charge in [-0.2, -0.15) is 5.10 Å². The van der Waals surface area contributed by atoms with E-state index in [1.54, 1.807) is 6.20 Å². The van der Waals surface area contributed by atoms with Crippen molar-refractivity contribution in [2.24, 2.45) is 0 Å². The first-order chi connectivity index (χ1) is 10.3. The summed E-state index contributed by atoms with van der Waals surface area (Å²) in [6, 6.07) is 16.3. The number of nitrogen functional groups attached to an aromatic ring is 1. The number of aryl methyl sites for hydroxylation is 2. The smallest absolute Gasteiger partial charge is 0.154 e. The summed E-state index contributed by atoms with van der Waals surface area (Å²) in [6.45, 7) is 0. The molecule has 0 radical (unpaired) electrons. The van der Waals surface area contributed by atoms with Crippen molar-refractivity contribution in [3.05, 3.63) is 66.0 Å². The average Bonchev–Trinajstić information content (AvgIpc) is 2.90. The maximum atomic E-state index is 5.97. The predicted molar refractivity (Wildman–Crippen MR) is 84.7 cm³/mol. The Kier molecular flexibility index (Phi) is 3.96. The number of nitrogens with two attached hydrogens (primary N) is 1. The van der Waals surface area contributed by atoms with Gasteiger partial charge in [0.15, 0.2) is 5.82 Å². The number of nitrogens with one attached hydrogen (secondary N) is 1. The normalized spacial score (nSPS) is 10.7. The number of H-pyrrole nitrogens is 1. The second-order valence-electron chi connectivity index (χ2n) is 5.02. The van der Waals surface area contributed by atoms with Crippen molar-refractivity contribution in [1.29, 1.82) is 0 Å². The molecule has 2 heterocycles. The summed E-state index contributed by atoms with van der Waals surface area (Å²) in [5.41, 5.74) is 10.2. The monoisotopic (exact) mass is 278 g/mol. The van der Waals surface area contributed by atoms with E-state index in [0.717, 1.165) is 36.2 Å². The summed E-state index contributed by atoms with van der Waals surface area (Å²) in [4.78, 5) is 4.37. The van der Waals surface area contributed by atoms with Gasteiger partial charge in [0.2, 0.25) is 0 Å². The van der Waals surface area contributed by atoms with Crippen LogP contribution in [0.2, 0.25) is 0 Å². The lowest BCUT2D eigenvalue weighted by molar-refractivity contribution is 0.794. The Balaban J connectivity index is 1.72. The van der Waals surface area contributed by atoms with Crippen molar-refractivity contribution in [2.75, 3.05) is 5.73 Å². The average molecular weight is 278 g/mol. The Labute approximate surface area is 124 Å². The molecular weight excluding hydrogens is 260 g/mol.